The highest BCUT2D eigenvalue weighted by Gasteiger charge is 2.13. The molecule has 0 aliphatic carbocycles. The lowest BCUT2D eigenvalue weighted by molar-refractivity contribution is -0.384. The maximum Gasteiger partial charge on any atom is 0.288 e. The molecular formula is C10H12ClN3O3. The van der Waals surface area contributed by atoms with Crippen LogP contribution in [0, 0.1) is 10.1 Å². The molecule has 0 saturated carbocycles. The van der Waals surface area contributed by atoms with E-state index < -0.39 is 10.8 Å². The summed E-state index contributed by atoms with van der Waals surface area (Å²) >= 11 is 5.68. The molecule has 0 saturated heterocycles. The van der Waals surface area contributed by atoms with E-state index in [2.05, 4.69) is 0 Å². The van der Waals surface area contributed by atoms with E-state index in [1.807, 2.05) is 0 Å². The minimum absolute atomic E-state index is 0.0937. The summed E-state index contributed by atoms with van der Waals surface area (Å²) in [7, 11) is 1.70. The van der Waals surface area contributed by atoms with Gasteiger partial charge < -0.3 is 5.73 Å². The Morgan fingerprint density at radius 3 is 2.76 bits per heavy atom. The summed E-state index contributed by atoms with van der Waals surface area (Å²) in [6.07, 6.45) is 0. The molecule has 0 heterocycles. The van der Waals surface area contributed by atoms with Crippen LogP contribution in [0.2, 0.25) is 5.02 Å². The molecule has 0 aromatic heterocycles. The predicted molar refractivity (Wildman–Crippen MR) is 63.6 cm³/mol. The lowest BCUT2D eigenvalue weighted by atomic mass is 10.2. The zero-order valence-corrected chi connectivity index (χ0v) is 9.98. The van der Waals surface area contributed by atoms with Crippen LogP contribution in [0.4, 0.5) is 5.69 Å². The van der Waals surface area contributed by atoms with Gasteiger partial charge in [0.25, 0.3) is 5.69 Å². The smallest absolute Gasteiger partial charge is 0.288 e. The average Bonchev–Trinajstić information content (AvgIpc) is 2.19. The second kappa shape index (κ2) is 5.60. The van der Waals surface area contributed by atoms with Crippen LogP contribution in [0.15, 0.2) is 18.2 Å². The Kier molecular flexibility index (Phi) is 4.42. The van der Waals surface area contributed by atoms with Gasteiger partial charge in [-0.3, -0.25) is 19.8 Å². The Hall–Kier alpha value is -1.66. The van der Waals surface area contributed by atoms with E-state index in [1.165, 1.54) is 12.1 Å². The Bertz CT molecular complexity index is 450. The van der Waals surface area contributed by atoms with Crippen molar-refractivity contribution in [3.05, 3.63) is 38.9 Å². The van der Waals surface area contributed by atoms with Crippen LogP contribution in [0.5, 0.6) is 0 Å². The third-order valence-corrected chi connectivity index (χ3v) is 2.41. The maximum absolute atomic E-state index is 10.7. The molecule has 92 valence electrons. The Morgan fingerprint density at radius 2 is 2.24 bits per heavy atom. The zero-order chi connectivity index (χ0) is 13.0. The summed E-state index contributed by atoms with van der Waals surface area (Å²) in [5.41, 5.74) is 5.60. The second-order valence-corrected chi connectivity index (χ2v) is 4.09. The first-order valence-corrected chi connectivity index (χ1v) is 5.17. The minimum Gasteiger partial charge on any atom is -0.369 e. The third kappa shape index (κ3) is 4.01. The number of primary amides is 1. The summed E-state index contributed by atoms with van der Waals surface area (Å²) in [6.45, 7) is 0.484. The van der Waals surface area contributed by atoms with Gasteiger partial charge in [0, 0.05) is 12.6 Å². The molecule has 0 fully saturated rings. The van der Waals surface area contributed by atoms with E-state index in [4.69, 9.17) is 17.3 Å². The maximum atomic E-state index is 10.7. The largest absolute Gasteiger partial charge is 0.369 e. The minimum atomic E-state index is -0.542. The number of carbonyl (C=O) groups excluding carboxylic acids is 1. The SMILES string of the molecule is CN(CC(N)=O)Cc1ccc(Cl)c([N+](=O)[O-])c1. The number of likely N-dealkylation sites (N-methyl/N-ethyl adjacent to an activating group) is 1. The summed E-state index contributed by atoms with van der Waals surface area (Å²) in [5.74, 6) is -0.448. The van der Waals surface area contributed by atoms with Crippen LogP contribution in [0.25, 0.3) is 0 Å². The van der Waals surface area contributed by atoms with Crippen LogP contribution in [-0.4, -0.2) is 29.3 Å². The van der Waals surface area contributed by atoms with E-state index in [0.717, 1.165) is 0 Å². The number of hydrogen-bond donors (Lipinski definition) is 1. The van der Waals surface area contributed by atoms with Gasteiger partial charge >= 0.3 is 0 Å². The number of nitro benzene ring substituents is 1. The molecular weight excluding hydrogens is 246 g/mol. The number of benzene rings is 1. The number of halogens is 1. The van der Waals surface area contributed by atoms with Crippen LogP contribution >= 0.6 is 11.6 Å². The number of hydrogen-bond acceptors (Lipinski definition) is 4. The highest BCUT2D eigenvalue weighted by Crippen LogP contribution is 2.25. The first-order valence-electron chi connectivity index (χ1n) is 4.80. The number of nitro groups is 1. The molecule has 7 heteroatoms. The quantitative estimate of drug-likeness (QED) is 0.633. The topological polar surface area (TPSA) is 89.5 Å². The zero-order valence-electron chi connectivity index (χ0n) is 9.22. The molecule has 17 heavy (non-hydrogen) atoms. The molecule has 1 aromatic rings. The normalized spacial score (nSPS) is 10.5. The van der Waals surface area contributed by atoms with E-state index in [9.17, 15) is 14.9 Å². The molecule has 1 aromatic carbocycles. The van der Waals surface area contributed by atoms with Crippen molar-refractivity contribution in [2.24, 2.45) is 5.73 Å². The summed E-state index contributed by atoms with van der Waals surface area (Å²) in [5, 5.41) is 10.8. The van der Waals surface area contributed by atoms with Crippen molar-refractivity contribution in [1.29, 1.82) is 0 Å². The van der Waals surface area contributed by atoms with Crippen molar-refractivity contribution < 1.29 is 9.72 Å². The Morgan fingerprint density at radius 1 is 1.59 bits per heavy atom. The average molecular weight is 258 g/mol. The van der Waals surface area contributed by atoms with Gasteiger partial charge in [-0.15, -0.1) is 0 Å². The fourth-order valence-electron chi connectivity index (χ4n) is 1.43. The van der Waals surface area contributed by atoms with Gasteiger partial charge in [-0.2, -0.15) is 0 Å². The van der Waals surface area contributed by atoms with Gasteiger partial charge in [0.05, 0.1) is 11.5 Å². The molecule has 0 unspecified atom stereocenters. The van der Waals surface area contributed by atoms with Crippen LogP contribution in [0.3, 0.4) is 0 Å². The summed E-state index contributed by atoms with van der Waals surface area (Å²) in [4.78, 5) is 22.5. The monoisotopic (exact) mass is 257 g/mol. The van der Waals surface area contributed by atoms with Crippen LogP contribution < -0.4 is 5.73 Å². The lowest BCUT2D eigenvalue weighted by Crippen LogP contribution is -2.30. The first-order chi connectivity index (χ1) is 7.90. The van der Waals surface area contributed by atoms with Crippen molar-refractivity contribution in [3.8, 4) is 0 Å². The second-order valence-electron chi connectivity index (χ2n) is 3.68. The molecule has 1 amide bonds. The number of nitrogens with two attached hydrogens (primary N) is 1. The summed E-state index contributed by atoms with van der Waals surface area (Å²) < 4.78 is 0. The standard InChI is InChI=1S/C10H12ClN3O3/c1-13(6-10(12)15)5-7-2-3-8(11)9(4-7)14(16)17/h2-4H,5-6H2,1H3,(H2,12,15). The van der Waals surface area contributed by atoms with Gasteiger partial charge in [-0.1, -0.05) is 17.7 Å². The van der Waals surface area contributed by atoms with Crippen LogP contribution in [-0.2, 0) is 11.3 Å². The molecule has 2 N–H and O–H groups in total. The molecule has 1 rings (SSSR count). The number of amides is 1. The molecule has 0 bridgehead atoms. The third-order valence-electron chi connectivity index (χ3n) is 2.09. The van der Waals surface area contributed by atoms with Crippen molar-refractivity contribution in [1.82, 2.24) is 4.90 Å². The highest BCUT2D eigenvalue weighted by atomic mass is 35.5. The van der Waals surface area contributed by atoms with E-state index in [-0.39, 0.29) is 17.3 Å². The van der Waals surface area contributed by atoms with Crippen molar-refractivity contribution >= 4 is 23.2 Å². The molecule has 0 radical (unpaired) electrons. The Labute approximate surface area is 103 Å². The first kappa shape index (κ1) is 13.4. The predicted octanol–water partition coefficient (Wildman–Crippen LogP) is 1.17. The van der Waals surface area contributed by atoms with Crippen molar-refractivity contribution in [2.75, 3.05) is 13.6 Å². The van der Waals surface area contributed by atoms with Crippen molar-refractivity contribution in [3.63, 3.8) is 0 Å². The van der Waals surface area contributed by atoms with Crippen LogP contribution in [0.1, 0.15) is 5.56 Å². The lowest BCUT2D eigenvalue weighted by Gasteiger charge is -2.14. The van der Waals surface area contributed by atoms with Gasteiger partial charge in [-0.25, -0.2) is 0 Å². The number of rotatable bonds is 5. The van der Waals surface area contributed by atoms with Gasteiger partial charge in [-0.05, 0) is 18.7 Å². The summed E-state index contributed by atoms with van der Waals surface area (Å²) in [6, 6.07) is 4.53. The molecule has 0 aliphatic heterocycles. The molecule has 6 nitrogen and oxygen atoms in total. The van der Waals surface area contributed by atoms with E-state index >= 15 is 0 Å². The fourth-order valence-corrected chi connectivity index (χ4v) is 1.62. The van der Waals surface area contributed by atoms with Gasteiger partial charge in [0.2, 0.25) is 5.91 Å². The fraction of sp³-hybridized carbons (Fsp3) is 0.300. The number of nitrogens with zero attached hydrogens (tertiary/aromatic N) is 2. The highest BCUT2D eigenvalue weighted by molar-refractivity contribution is 6.32. The molecule has 0 spiro atoms. The van der Waals surface area contributed by atoms with E-state index in [0.29, 0.717) is 12.1 Å². The molecule has 0 aliphatic rings. The van der Waals surface area contributed by atoms with Gasteiger partial charge in [0.15, 0.2) is 0 Å². The Balaban J connectivity index is 2.82. The molecule has 0 atom stereocenters. The van der Waals surface area contributed by atoms with Crippen molar-refractivity contribution in [2.45, 2.75) is 6.54 Å². The van der Waals surface area contributed by atoms with E-state index in [1.54, 1.807) is 18.0 Å². The van der Waals surface area contributed by atoms with Gasteiger partial charge in [0.1, 0.15) is 5.02 Å². The number of carbonyl (C=O) groups is 1.